The second-order valence-electron chi connectivity index (χ2n) is 5.87. The Morgan fingerprint density at radius 3 is 2.59 bits per heavy atom. The van der Waals surface area contributed by atoms with Crippen molar-refractivity contribution in [3.63, 3.8) is 0 Å². The molecule has 0 spiro atoms. The second-order valence-corrected chi connectivity index (χ2v) is 8.55. The van der Waals surface area contributed by atoms with Crippen molar-refractivity contribution < 1.29 is 17.6 Å². The van der Waals surface area contributed by atoms with Crippen molar-refractivity contribution in [1.29, 1.82) is 0 Å². The van der Waals surface area contributed by atoms with E-state index < -0.39 is 15.8 Å². The van der Waals surface area contributed by atoms with E-state index in [1.54, 1.807) is 19.1 Å². The summed E-state index contributed by atoms with van der Waals surface area (Å²) in [5.41, 5.74) is 0.704. The van der Waals surface area contributed by atoms with Crippen LogP contribution in [0.3, 0.4) is 0 Å². The molecular weight excluding hydrogens is 387 g/mol. The lowest BCUT2D eigenvalue weighted by Gasteiger charge is -2.13. The highest BCUT2D eigenvalue weighted by Crippen LogP contribution is 2.24. The Morgan fingerprint density at radius 1 is 1.11 bits per heavy atom. The van der Waals surface area contributed by atoms with E-state index >= 15 is 0 Å². The Kier molecular flexibility index (Phi) is 5.57. The summed E-state index contributed by atoms with van der Waals surface area (Å²) < 4.78 is 41.4. The van der Waals surface area contributed by atoms with Crippen LogP contribution in [-0.4, -0.2) is 14.3 Å². The monoisotopic (exact) mass is 404 g/mol. The van der Waals surface area contributed by atoms with Gasteiger partial charge in [0.2, 0.25) is 5.91 Å². The van der Waals surface area contributed by atoms with Crippen molar-refractivity contribution in [3.8, 4) is 0 Å². The van der Waals surface area contributed by atoms with Gasteiger partial charge in [-0.15, -0.1) is 11.3 Å². The molecule has 0 saturated heterocycles. The van der Waals surface area contributed by atoms with Crippen LogP contribution in [-0.2, 0) is 21.2 Å². The molecule has 0 radical (unpaired) electrons. The van der Waals surface area contributed by atoms with Gasteiger partial charge in [-0.2, -0.15) is 0 Å². The fraction of sp³-hybridized carbons (Fsp3) is 0.105. The number of rotatable bonds is 6. The van der Waals surface area contributed by atoms with E-state index in [0.29, 0.717) is 11.3 Å². The van der Waals surface area contributed by atoms with E-state index in [1.165, 1.54) is 41.7 Å². The molecule has 0 atom stereocenters. The van der Waals surface area contributed by atoms with Gasteiger partial charge in [-0.25, -0.2) is 12.8 Å². The van der Waals surface area contributed by atoms with Crippen LogP contribution in [0.1, 0.15) is 10.4 Å². The predicted molar refractivity (Wildman–Crippen MR) is 105 cm³/mol. The number of carbonyl (C=O) groups excluding carboxylic acids is 1. The smallest absolute Gasteiger partial charge is 0.262 e. The van der Waals surface area contributed by atoms with Crippen LogP contribution in [0.4, 0.5) is 15.8 Å². The standard InChI is InChI=1S/C19H17FN2O3S2/c1-13-8-9-14(21-19(23)12-15-5-4-10-26-15)11-18(13)27(24,25)22-17-7-3-2-6-16(17)20/h2-11,22H,12H2,1H3,(H,21,23). The number of aryl methyl sites for hydroxylation is 1. The van der Waals surface area contributed by atoms with Gasteiger partial charge in [0, 0.05) is 10.6 Å². The molecule has 8 heteroatoms. The maximum atomic E-state index is 13.8. The van der Waals surface area contributed by atoms with Crippen molar-refractivity contribution in [3.05, 3.63) is 76.2 Å². The van der Waals surface area contributed by atoms with Gasteiger partial charge in [0.25, 0.3) is 10.0 Å². The van der Waals surface area contributed by atoms with Crippen LogP contribution >= 0.6 is 11.3 Å². The van der Waals surface area contributed by atoms with Crippen LogP contribution in [0.5, 0.6) is 0 Å². The second kappa shape index (κ2) is 7.89. The number of benzene rings is 2. The number of hydrogen-bond donors (Lipinski definition) is 2. The van der Waals surface area contributed by atoms with Crippen molar-refractivity contribution in [2.45, 2.75) is 18.2 Å². The summed E-state index contributed by atoms with van der Waals surface area (Å²) in [4.78, 5) is 13.0. The first-order valence-electron chi connectivity index (χ1n) is 8.05. The number of carbonyl (C=O) groups is 1. The number of anilines is 2. The van der Waals surface area contributed by atoms with Crippen LogP contribution in [0, 0.1) is 12.7 Å². The Balaban J connectivity index is 1.82. The lowest BCUT2D eigenvalue weighted by Crippen LogP contribution is -2.17. The van der Waals surface area contributed by atoms with E-state index in [0.717, 1.165) is 4.88 Å². The molecule has 0 aliphatic heterocycles. The first-order valence-corrected chi connectivity index (χ1v) is 10.4. The van der Waals surface area contributed by atoms with Crippen molar-refractivity contribution in [1.82, 2.24) is 0 Å². The van der Waals surface area contributed by atoms with Crippen LogP contribution in [0.2, 0.25) is 0 Å². The fourth-order valence-corrected chi connectivity index (χ4v) is 4.53. The molecule has 2 aromatic carbocycles. The molecule has 0 aliphatic rings. The molecule has 3 rings (SSSR count). The SMILES string of the molecule is Cc1ccc(NC(=O)Cc2cccs2)cc1S(=O)(=O)Nc1ccccc1F. The van der Waals surface area contributed by atoms with Crippen LogP contribution in [0.15, 0.2) is 64.9 Å². The van der Waals surface area contributed by atoms with E-state index in [2.05, 4.69) is 10.0 Å². The molecule has 1 amide bonds. The Morgan fingerprint density at radius 2 is 1.89 bits per heavy atom. The molecule has 0 aliphatic carbocycles. The minimum absolute atomic E-state index is 0.0281. The molecule has 1 aromatic heterocycles. The average Bonchev–Trinajstić information content (AvgIpc) is 3.11. The van der Waals surface area contributed by atoms with Gasteiger partial charge < -0.3 is 5.32 Å². The summed E-state index contributed by atoms with van der Waals surface area (Å²) in [6.45, 7) is 1.63. The third kappa shape index (κ3) is 4.72. The topological polar surface area (TPSA) is 75.3 Å². The van der Waals surface area contributed by atoms with Gasteiger partial charge in [0.15, 0.2) is 0 Å². The van der Waals surface area contributed by atoms with Gasteiger partial charge >= 0.3 is 0 Å². The molecule has 140 valence electrons. The first-order chi connectivity index (χ1) is 12.8. The van der Waals surface area contributed by atoms with Crippen LogP contribution < -0.4 is 10.0 Å². The summed E-state index contributed by atoms with van der Waals surface area (Å²) in [6.07, 6.45) is 0.209. The largest absolute Gasteiger partial charge is 0.326 e. The third-order valence-electron chi connectivity index (χ3n) is 3.79. The molecule has 1 heterocycles. The summed E-state index contributed by atoms with van der Waals surface area (Å²) in [5.74, 6) is -0.911. The van der Waals surface area contributed by atoms with Crippen molar-refractivity contribution >= 4 is 38.6 Å². The average molecular weight is 404 g/mol. The minimum atomic E-state index is -4.01. The summed E-state index contributed by atoms with van der Waals surface area (Å²) in [7, 11) is -4.01. The third-order valence-corrected chi connectivity index (χ3v) is 6.18. The first kappa shape index (κ1) is 19.1. The molecule has 0 saturated carbocycles. The molecule has 27 heavy (non-hydrogen) atoms. The highest BCUT2D eigenvalue weighted by atomic mass is 32.2. The Bertz CT molecular complexity index is 1060. The molecule has 0 fully saturated rings. The van der Waals surface area contributed by atoms with E-state index in [1.807, 2.05) is 17.5 Å². The van der Waals surface area contributed by atoms with E-state index in [9.17, 15) is 17.6 Å². The number of amides is 1. The lowest BCUT2D eigenvalue weighted by molar-refractivity contribution is -0.115. The molecule has 0 bridgehead atoms. The zero-order valence-corrected chi connectivity index (χ0v) is 16.0. The zero-order valence-electron chi connectivity index (χ0n) is 14.4. The fourth-order valence-electron chi connectivity index (χ4n) is 2.49. The number of sulfonamides is 1. The summed E-state index contributed by atoms with van der Waals surface area (Å²) in [6, 6.07) is 13.8. The quantitative estimate of drug-likeness (QED) is 0.647. The minimum Gasteiger partial charge on any atom is -0.326 e. The van der Waals surface area contributed by atoms with Gasteiger partial charge in [-0.05, 0) is 48.2 Å². The Labute approximate surface area is 160 Å². The van der Waals surface area contributed by atoms with Gasteiger partial charge in [-0.1, -0.05) is 24.3 Å². The normalized spacial score (nSPS) is 11.2. The highest BCUT2D eigenvalue weighted by Gasteiger charge is 2.19. The Hall–Kier alpha value is -2.71. The lowest BCUT2D eigenvalue weighted by atomic mass is 10.2. The molecule has 0 unspecified atom stereocenters. The summed E-state index contributed by atoms with van der Waals surface area (Å²) in [5, 5.41) is 4.58. The van der Waals surface area contributed by atoms with Gasteiger partial charge in [0.05, 0.1) is 17.0 Å². The molecule has 5 nitrogen and oxygen atoms in total. The van der Waals surface area contributed by atoms with Gasteiger partial charge in [0.1, 0.15) is 5.82 Å². The maximum absolute atomic E-state index is 13.8. The molecule has 3 aromatic rings. The number of para-hydroxylation sites is 1. The van der Waals surface area contributed by atoms with Gasteiger partial charge in [-0.3, -0.25) is 9.52 Å². The van der Waals surface area contributed by atoms with Crippen molar-refractivity contribution in [2.75, 3.05) is 10.0 Å². The zero-order chi connectivity index (χ0) is 19.4. The number of thiophene rings is 1. The van der Waals surface area contributed by atoms with E-state index in [4.69, 9.17) is 0 Å². The molecular formula is C19H17FN2O3S2. The number of nitrogens with one attached hydrogen (secondary N) is 2. The van der Waals surface area contributed by atoms with Crippen LogP contribution in [0.25, 0.3) is 0 Å². The maximum Gasteiger partial charge on any atom is 0.262 e. The summed E-state index contributed by atoms with van der Waals surface area (Å²) >= 11 is 1.47. The van der Waals surface area contributed by atoms with Crippen molar-refractivity contribution in [2.24, 2.45) is 0 Å². The molecule has 2 N–H and O–H groups in total. The van der Waals surface area contributed by atoms with E-state index in [-0.39, 0.29) is 22.9 Å². The predicted octanol–water partition coefficient (Wildman–Crippen LogP) is 4.18. The number of hydrogen-bond acceptors (Lipinski definition) is 4. The number of halogens is 1. The highest BCUT2D eigenvalue weighted by molar-refractivity contribution is 7.92.